The quantitative estimate of drug-likeness (QED) is 0.681. The molecule has 0 spiro atoms. The summed E-state index contributed by atoms with van der Waals surface area (Å²) in [5.74, 6) is -0.0121. The normalized spacial score (nSPS) is 16.4. The summed E-state index contributed by atoms with van der Waals surface area (Å²) in [6.07, 6.45) is 1.56. The number of fused-ring (bicyclic) bond motifs is 1. The first-order chi connectivity index (χ1) is 11.2. The van der Waals surface area contributed by atoms with Crippen molar-refractivity contribution in [3.63, 3.8) is 0 Å². The Hall–Kier alpha value is -2.60. The fraction of sp³-hybridized carbons (Fsp3) is 0.0588. The van der Waals surface area contributed by atoms with Crippen LogP contribution in [0.25, 0.3) is 11.4 Å². The Bertz CT molecular complexity index is 916. The van der Waals surface area contributed by atoms with Gasteiger partial charge in [0.15, 0.2) is 5.78 Å². The molecular weight excluding hydrogens is 358 g/mol. The highest BCUT2D eigenvalue weighted by molar-refractivity contribution is 9.10. The topological polar surface area (TPSA) is 68.3 Å². The average molecular weight is 368 g/mol. The van der Waals surface area contributed by atoms with Crippen LogP contribution >= 0.6 is 15.9 Å². The molecule has 0 amide bonds. The van der Waals surface area contributed by atoms with Gasteiger partial charge in [0.25, 0.3) is 0 Å². The standard InChI is InChI=1S/C17H10BrN3O2/c18-11-7-5-10(6-8-11)16-20-17(23-21-16)13-9-19-14-4-2-1-3-12(14)15(13)22/h1-9,13H. The lowest BCUT2D eigenvalue weighted by Gasteiger charge is -2.13. The van der Waals surface area contributed by atoms with E-state index >= 15 is 0 Å². The number of hydrogen-bond acceptors (Lipinski definition) is 5. The summed E-state index contributed by atoms with van der Waals surface area (Å²) >= 11 is 3.38. The molecule has 112 valence electrons. The molecule has 0 radical (unpaired) electrons. The van der Waals surface area contributed by atoms with Crippen molar-refractivity contribution in [3.05, 3.63) is 64.5 Å². The van der Waals surface area contributed by atoms with Crippen molar-refractivity contribution < 1.29 is 9.32 Å². The molecule has 1 aliphatic heterocycles. The smallest absolute Gasteiger partial charge is 0.243 e. The van der Waals surface area contributed by atoms with Crippen molar-refractivity contribution in [2.24, 2.45) is 4.99 Å². The molecule has 6 heteroatoms. The summed E-state index contributed by atoms with van der Waals surface area (Å²) < 4.78 is 6.26. The maximum absolute atomic E-state index is 12.6. The number of carbonyl (C=O) groups excluding carboxylic acids is 1. The number of carbonyl (C=O) groups is 1. The van der Waals surface area contributed by atoms with Gasteiger partial charge in [-0.25, -0.2) is 0 Å². The Morgan fingerprint density at radius 3 is 2.65 bits per heavy atom. The summed E-state index contributed by atoms with van der Waals surface area (Å²) in [5, 5.41) is 3.97. The van der Waals surface area contributed by atoms with Gasteiger partial charge in [0, 0.05) is 21.8 Å². The molecule has 1 aliphatic rings. The molecular formula is C17H10BrN3O2. The summed E-state index contributed by atoms with van der Waals surface area (Å²) in [5.41, 5.74) is 2.06. The highest BCUT2D eigenvalue weighted by atomic mass is 79.9. The van der Waals surface area contributed by atoms with Gasteiger partial charge in [0.2, 0.25) is 11.7 Å². The molecule has 0 aliphatic carbocycles. The highest BCUT2D eigenvalue weighted by Crippen LogP contribution is 2.30. The fourth-order valence-corrected chi connectivity index (χ4v) is 2.70. The van der Waals surface area contributed by atoms with E-state index in [9.17, 15) is 4.79 Å². The summed E-state index contributed by atoms with van der Waals surface area (Å²) in [6.45, 7) is 0. The van der Waals surface area contributed by atoms with E-state index in [1.165, 1.54) is 0 Å². The lowest BCUT2D eigenvalue weighted by atomic mass is 9.94. The number of benzene rings is 2. The number of nitrogens with zero attached hydrogens (tertiary/aromatic N) is 3. The number of para-hydroxylation sites is 1. The molecule has 2 heterocycles. The van der Waals surface area contributed by atoms with Gasteiger partial charge in [-0.1, -0.05) is 33.2 Å². The molecule has 0 saturated carbocycles. The Kier molecular flexibility index (Phi) is 3.38. The van der Waals surface area contributed by atoms with Gasteiger partial charge in [-0.3, -0.25) is 9.79 Å². The predicted molar refractivity (Wildman–Crippen MR) is 89.1 cm³/mol. The summed E-state index contributed by atoms with van der Waals surface area (Å²) in [6, 6.07) is 14.8. The number of ketones is 1. The molecule has 0 saturated heterocycles. The van der Waals surface area contributed by atoms with Gasteiger partial charge in [-0.15, -0.1) is 0 Å². The van der Waals surface area contributed by atoms with Crippen LogP contribution in [-0.2, 0) is 0 Å². The third-order valence-electron chi connectivity index (χ3n) is 3.62. The van der Waals surface area contributed by atoms with E-state index in [1.54, 1.807) is 18.3 Å². The van der Waals surface area contributed by atoms with Gasteiger partial charge < -0.3 is 4.52 Å². The fourth-order valence-electron chi connectivity index (χ4n) is 2.44. The third-order valence-corrected chi connectivity index (χ3v) is 4.15. The minimum atomic E-state index is -0.637. The third kappa shape index (κ3) is 2.51. The molecule has 3 aromatic rings. The molecule has 0 N–H and O–H groups in total. The second-order valence-electron chi connectivity index (χ2n) is 5.10. The van der Waals surface area contributed by atoms with Gasteiger partial charge in [-0.05, 0) is 36.4 Å². The second-order valence-corrected chi connectivity index (χ2v) is 6.02. The Morgan fingerprint density at radius 2 is 1.83 bits per heavy atom. The van der Waals surface area contributed by atoms with Gasteiger partial charge in [-0.2, -0.15) is 4.98 Å². The molecule has 5 nitrogen and oxygen atoms in total. The van der Waals surface area contributed by atoms with Crippen molar-refractivity contribution in [3.8, 4) is 11.4 Å². The maximum atomic E-state index is 12.6. The lowest BCUT2D eigenvalue weighted by molar-refractivity contribution is 0.0971. The van der Waals surface area contributed by atoms with E-state index in [4.69, 9.17) is 4.52 Å². The van der Waals surface area contributed by atoms with Crippen molar-refractivity contribution >= 4 is 33.6 Å². The van der Waals surface area contributed by atoms with Crippen LogP contribution in [0.3, 0.4) is 0 Å². The largest absolute Gasteiger partial charge is 0.338 e. The number of aromatic nitrogens is 2. The van der Waals surface area contributed by atoms with Crippen molar-refractivity contribution in [2.75, 3.05) is 0 Å². The highest BCUT2D eigenvalue weighted by Gasteiger charge is 2.30. The van der Waals surface area contributed by atoms with E-state index in [-0.39, 0.29) is 11.7 Å². The van der Waals surface area contributed by atoms with Crippen LogP contribution in [0.2, 0.25) is 0 Å². The molecule has 0 fully saturated rings. The number of halogens is 1. The van der Waals surface area contributed by atoms with Crippen LogP contribution in [0.15, 0.2) is 62.5 Å². The Morgan fingerprint density at radius 1 is 1.04 bits per heavy atom. The first kappa shape index (κ1) is 14.0. The maximum Gasteiger partial charge on any atom is 0.243 e. The molecule has 1 aromatic heterocycles. The average Bonchev–Trinajstić information content (AvgIpc) is 3.06. The Balaban J connectivity index is 1.68. The first-order valence-corrected chi connectivity index (χ1v) is 7.78. The van der Waals surface area contributed by atoms with E-state index in [0.717, 1.165) is 10.0 Å². The van der Waals surface area contributed by atoms with Gasteiger partial charge in [0.05, 0.1) is 5.69 Å². The van der Waals surface area contributed by atoms with Crippen LogP contribution in [-0.4, -0.2) is 22.1 Å². The predicted octanol–water partition coefficient (Wildman–Crippen LogP) is 4.18. The zero-order chi connectivity index (χ0) is 15.8. The molecule has 2 aromatic carbocycles. The van der Waals surface area contributed by atoms with Gasteiger partial charge >= 0.3 is 0 Å². The molecule has 1 atom stereocenters. The number of hydrogen-bond donors (Lipinski definition) is 0. The number of aliphatic imine (C=N–C) groups is 1. The lowest BCUT2D eigenvalue weighted by Crippen LogP contribution is -2.18. The summed E-state index contributed by atoms with van der Waals surface area (Å²) in [7, 11) is 0. The minimum Gasteiger partial charge on any atom is -0.338 e. The van der Waals surface area contributed by atoms with E-state index in [1.807, 2.05) is 36.4 Å². The molecule has 1 unspecified atom stereocenters. The SMILES string of the molecule is O=C1c2ccccc2N=CC1c1nc(-c2ccc(Br)cc2)no1. The van der Waals surface area contributed by atoms with Crippen LogP contribution in [0.5, 0.6) is 0 Å². The summed E-state index contributed by atoms with van der Waals surface area (Å²) in [4.78, 5) is 21.2. The zero-order valence-corrected chi connectivity index (χ0v) is 13.4. The Labute approximate surface area is 140 Å². The van der Waals surface area contributed by atoms with Crippen LogP contribution < -0.4 is 0 Å². The number of rotatable bonds is 2. The first-order valence-electron chi connectivity index (χ1n) is 6.99. The van der Waals surface area contributed by atoms with Crippen molar-refractivity contribution in [2.45, 2.75) is 5.92 Å². The number of Topliss-reactive ketones (excluding diaryl/α,β-unsaturated/α-hetero) is 1. The van der Waals surface area contributed by atoms with E-state index in [2.05, 4.69) is 31.1 Å². The van der Waals surface area contributed by atoms with E-state index < -0.39 is 5.92 Å². The zero-order valence-electron chi connectivity index (χ0n) is 11.8. The van der Waals surface area contributed by atoms with Gasteiger partial charge in [0.1, 0.15) is 5.92 Å². The molecule has 4 rings (SSSR count). The molecule has 0 bridgehead atoms. The minimum absolute atomic E-state index is 0.0818. The molecule has 23 heavy (non-hydrogen) atoms. The van der Waals surface area contributed by atoms with Crippen LogP contribution in [0, 0.1) is 0 Å². The monoisotopic (exact) mass is 367 g/mol. The van der Waals surface area contributed by atoms with E-state index in [0.29, 0.717) is 17.1 Å². The van der Waals surface area contributed by atoms with Crippen molar-refractivity contribution in [1.29, 1.82) is 0 Å². The van der Waals surface area contributed by atoms with Crippen LogP contribution in [0.4, 0.5) is 5.69 Å². The van der Waals surface area contributed by atoms with Crippen molar-refractivity contribution in [1.82, 2.24) is 10.1 Å². The van der Waals surface area contributed by atoms with Crippen LogP contribution in [0.1, 0.15) is 22.2 Å². The second kappa shape index (κ2) is 5.55.